The van der Waals surface area contributed by atoms with E-state index in [1.807, 2.05) is 19.9 Å². The van der Waals surface area contributed by atoms with Gasteiger partial charge in [0.1, 0.15) is 28.4 Å². The number of aliphatic hydroxyl groups is 1. The van der Waals surface area contributed by atoms with Gasteiger partial charge in [0.15, 0.2) is 0 Å². The van der Waals surface area contributed by atoms with Gasteiger partial charge in [-0.2, -0.15) is 0 Å². The standard InChI is InChI=1S/C25H23N3O5S/c1-4-32-18-7-5-6-15(12-18)21-20(23(30)24(31)28(21)25-27-26-14(3)34-25)22(29)16-8-9-19-17(11-16)10-13(2)33-19/h5-9,11-13,21,29H,4,10H2,1-3H3/t13-,21-/m0/s1. The molecule has 2 atom stereocenters. The number of hydrogen-bond donors (Lipinski definition) is 1. The zero-order valence-electron chi connectivity index (χ0n) is 18.9. The minimum Gasteiger partial charge on any atom is -0.507 e. The number of benzene rings is 2. The van der Waals surface area contributed by atoms with Crippen LogP contribution >= 0.6 is 11.3 Å². The van der Waals surface area contributed by atoms with Crippen molar-refractivity contribution in [1.82, 2.24) is 10.2 Å². The van der Waals surface area contributed by atoms with Crippen molar-refractivity contribution in [3.8, 4) is 11.5 Å². The maximum Gasteiger partial charge on any atom is 0.301 e. The number of aromatic nitrogens is 2. The van der Waals surface area contributed by atoms with E-state index in [0.717, 1.165) is 11.3 Å². The highest BCUT2D eigenvalue weighted by atomic mass is 32.1. The van der Waals surface area contributed by atoms with Gasteiger partial charge in [-0.1, -0.05) is 23.5 Å². The Morgan fingerprint density at radius 1 is 1.24 bits per heavy atom. The molecule has 2 aliphatic heterocycles. The average Bonchev–Trinajstić information content (AvgIpc) is 3.48. The van der Waals surface area contributed by atoms with E-state index in [1.54, 1.807) is 43.3 Å². The number of ketones is 1. The minimum atomic E-state index is -0.879. The van der Waals surface area contributed by atoms with E-state index in [-0.39, 0.29) is 17.4 Å². The van der Waals surface area contributed by atoms with E-state index < -0.39 is 17.7 Å². The lowest BCUT2D eigenvalue weighted by Gasteiger charge is -2.23. The first-order valence-corrected chi connectivity index (χ1v) is 11.8. The van der Waals surface area contributed by atoms with E-state index in [4.69, 9.17) is 9.47 Å². The Morgan fingerprint density at radius 3 is 2.79 bits per heavy atom. The van der Waals surface area contributed by atoms with E-state index in [0.29, 0.717) is 40.0 Å². The van der Waals surface area contributed by atoms with E-state index >= 15 is 0 Å². The van der Waals surface area contributed by atoms with Gasteiger partial charge >= 0.3 is 5.91 Å². The molecular formula is C25H23N3O5S. The van der Waals surface area contributed by atoms with Crippen molar-refractivity contribution in [2.24, 2.45) is 0 Å². The predicted molar refractivity (Wildman–Crippen MR) is 127 cm³/mol. The summed E-state index contributed by atoms with van der Waals surface area (Å²) in [5.74, 6) is -0.418. The molecule has 0 spiro atoms. The maximum atomic E-state index is 13.3. The number of hydrogen-bond acceptors (Lipinski definition) is 8. The van der Waals surface area contributed by atoms with Crippen molar-refractivity contribution < 1.29 is 24.2 Å². The number of anilines is 1. The van der Waals surface area contributed by atoms with E-state index in [9.17, 15) is 14.7 Å². The summed E-state index contributed by atoms with van der Waals surface area (Å²) >= 11 is 1.21. The summed E-state index contributed by atoms with van der Waals surface area (Å²) in [6.45, 7) is 6.09. The number of nitrogens with zero attached hydrogens (tertiary/aromatic N) is 3. The first kappa shape index (κ1) is 22.1. The Bertz CT molecular complexity index is 1330. The Hall–Kier alpha value is -3.72. The highest BCUT2D eigenvalue weighted by Gasteiger charge is 2.48. The Labute approximate surface area is 200 Å². The molecule has 1 aromatic heterocycles. The molecule has 1 amide bonds. The smallest absolute Gasteiger partial charge is 0.301 e. The first-order chi connectivity index (χ1) is 16.4. The molecule has 0 saturated carbocycles. The molecule has 8 nitrogen and oxygen atoms in total. The van der Waals surface area contributed by atoms with Gasteiger partial charge in [0.05, 0.1) is 18.2 Å². The summed E-state index contributed by atoms with van der Waals surface area (Å²) in [5, 5.41) is 20.4. The summed E-state index contributed by atoms with van der Waals surface area (Å²) in [5.41, 5.74) is 2.02. The van der Waals surface area contributed by atoms with Gasteiger partial charge in [0, 0.05) is 12.0 Å². The molecule has 2 aliphatic rings. The van der Waals surface area contributed by atoms with Crippen molar-refractivity contribution in [3.63, 3.8) is 0 Å². The molecule has 0 bridgehead atoms. The van der Waals surface area contributed by atoms with Gasteiger partial charge in [-0.15, -0.1) is 10.2 Å². The van der Waals surface area contributed by atoms with Crippen molar-refractivity contribution in [3.05, 3.63) is 69.7 Å². The number of carbonyl (C=O) groups excluding carboxylic acids is 2. The van der Waals surface area contributed by atoms with Crippen LogP contribution in [0.2, 0.25) is 0 Å². The van der Waals surface area contributed by atoms with Gasteiger partial charge < -0.3 is 14.6 Å². The Kier molecular flexibility index (Phi) is 5.57. The van der Waals surface area contributed by atoms with Crippen LogP contribution in [0.25, 0.3) is 5.76 Å². The molecule has 1 N–H and O–H groups in total. The van der Waals surface area contributed by atoms with Crippen LogP contribution in [0.15, 0.2) is 48.0 Å². The highest BCUT2D eigenvalue weighted by molar-refractivity contribution is 7.15. The van der Waals surface area contributed by atoms with Gasteiger partial charge in [-0.25, -0.2) is 0 Å². The molecule has 3 heterocycles. The normalized spacial score (nSPS) is 21.0. The number of rotatable bonds is 5. The van der Waals surface area contributed by atoms with E-state index in [2.05, 4.69) is 10.2 Å². The monoisotopic (exact) mass is 477 g/mol. The van der Waals surface area contributed by atoms with Crippen molar-refractivity contribution in [1.29, 1.82) is 0 Å². The lowest BCUT2D eigenvalue weighted by atomic mass is 9.94. The molecule has 34 heavy (non-hydrogen) atoms. The lowest BCUT2D eigenvalue weighted by molar-refractivity contribution is -0.132. The largest absolute Gasteiger partial charge is 0.507 e. The third-order valence-electron chi connectivity index (χ3n) is 5.82. The van der Waals surface area contributed by atoms with Gasteiger partial charge in [0.25, 0.3) is 5.78 Å². The van der Waals surface area contributed by atoms with Crippen LogP contribution in [-0.4, -0.2) is 39.7 Å². The number of ether oxygens (including phenoxy) is 2. The van der Waals surface area contributed by atoms with Crippen LogP contribution < -0.4 is 14.4 Å². The molecule has 0 radical (unpaired) electrons. The van der Waals surface area contributed by atoms with E-state index in [1.165, 1.54) is 16.2 Å². The fraction of sp³-hybridized carbons (Fsp3) is 0.280. The molecule has 0 aliphatic carbocycles. The van der Waals surface area contributed by atoms with Crippen LogP contribution in [0.3, 0.4) is 0 Å². The Morgan fingerprint density at radius 2 is 2.06 bits per heavy atom. The number of amides is 1. The molecule has 0 unspecified atom stereocenters. The molecule has 5 rings (SSSR count). The maximum absolute atomic E-state index is 13.3. The minimum absolute atomic E-state index is 0.00147. The van der Waals surface area contributed by atoms with Crippen LogP contribution in [0, 0.1) is 6.92 Å². The van der Waals surface area contributed by atoms with Crippen LogP contribution in [-0.2, 0) is 16.0 Å². The molecule has 3 aromatic rings. The number of Topliss-reactive ketones (excluding diaryl/α,β-unsaturated/α-hetero) is 1. The summed E-state index contributed by atoms with van der Waals surface area (Å²) in [4.78, 5) is 27.8. The second-order valence-corrected chi connectivity index (χ2v) is 9.39. The quantitative estimate of drug-likeness (QED) is 0.334. The van der Waals surface area contributed by atoms with Crippen molar-refractivity contribution in [2.45, 2.75) is 39.3 Å². The van der Waals surface area contributed by atoms with Crippen molar-refractivity contribution in [2.75, 3.05) is 11.5 Å². The van der Waals surface area contributed by atoms with Crippen molar-refractivity contribution >= 4 is 33.9 Å². The lowest BCUT2D eigenvalue weighted by Crippen LogP contribution is -2.29. The average molecular weight is 478 g/mol. The van der Waals surface area contributed by atoms with Crippen LogP contribution in [0.4, 0.5) is 5.13 Å². The van der Waals surface area contributed by atoms with Crippen LogP contribution in [0.1, 0.15) is 41.6 Å². The SMILES string of the molecule is CCOc1cccc([C@H]2C(=C(O)c3ccc4c(c3)C[C@H](C)O4)C(=O)C(=O)N2c2nnc(C)s2)c1. The second kappa shape index (κ2) is 8.57. The molecule has 9 heteroatoms. The number of fused-ring (bicyclic) bond motifs is 1. The third kappa shape index (κ3) is 3.71. The van der Waals surface area contributed by atoms with Gasteiger partial charge in [-0.05, 0) is 62.2 Å². The number of carbonyl (C=O) groups is 2. The highest BCUT2D eigenvalue weighted by Crippen LogP contribution is 2.44. The van der Waals surface area contributed by atoms with Crippen LogP contribution in [0.5, 0.6) is 11.5 Å². The molecule has 1 saturated heterocycles. The summed E-state index contributed by atoms with van der Waals surface area (Å²) in [7, 11) is 0. The number of aryl methyl sites for hydroxylation is 1. The summed E-state index contributed by atoms with van der Waals surface area (Å²) < 4.78 is 11.4. The second-order valence-electron chi connectivity index (χ2n) is 8.23. The molecule has 2 aromatic carbocycles. The topological polar surface area (TPSA) is 102 Å². The third-order valence-corrected chi connectivity index (χ3v) is 6.66. The zero-order chi connectivity index (χ0) is 24.0. The van der Waals surface area contributed by atoms with Gasteiger partial charge in [0.2, 0.25) is 5.13 Å². The fourth-order valence-corrected chi connectivity index (χ4v) is 5.11. The fourth-order valence-electron chi connectivity index (χ4n) is 4.39. The molecular weight excluding hydrogens is 454 g/mol. The molecule has 174 valence electrons. The summed E-state index contributed by atoms with van der Waals surface area (Å²) in [6.07, 6.45) is 0.745. The number of aliphatic hydroxyl groups excluding tert-OH is 1. The molecule has 1 fully saturated rings. The Balaban J connectivity index is 1.68. The first-order valence-electron chi connectivity index (χ1n) is 11.0. The zero-order valence-corrected chi connectivity index (χ0v) is 19.8. The predicted octanol–water partition coefficient (Wildman–Crippen LogP) is 4.19. The summed E-state index contributed by atoms with van der Waals surface area (Å²) in [6, 6.07) is 11.6. The van der Waals surface area contributed by atoms with Gasteiger partial charge in [-0.3, -0.25) is 14.5 Å².